The molecular weight excluding hydrogens is 344 g/mol. The van der Waals surface area contributed by atoms with Gasteiger partial charge in [0.2, 0.25) is 0 Å². The second-order valence-corrected chi connectivity index (χ2v) is 8.64. The predicted molar refractivity (Wildman–Crippen MR) is 102 cm³/mol. The summed E-state index contributed by atoms with van der Waals surface area (Å²) >= 11 is 0. The van der Waals surface area contributed by atoms with Gasteiger partial charge in [0.1, 0.15) is 5.82 Å². The zero-order valence-corrected chi connectivity index (χ0v) is 16.5. The van der Waals surface area contributed by atoms with E-state index in [-0.39, 0.29) is 17.4 Å². The molecule has 1 aliphatic carbocycles. The van der Waals surface area contributed by atoms with Crippen LogP contribution in [0.1, 0.15) is 49.7 Å². The van der Waals surface area contributed by atoms with Gasteiger partial charge in [-0.25, -0.2) is 9.78 Å². The molecule has 2 amide bonds. The van der Waals surface area contributed by atoms with E-state index in [9.17, 15) is 4.79 Å². The lowest BCUT2D eigenvalue weighted by molar-refractivity contribution is 0.0254. The molecule has 150 valence electrons. The summed E-state index contributed by atoms with van der Waals surface area (Å²) in [6, 6.07) is 0.470. The number of H-pyrrole nitrogens is 1. The summed E-state index contributed by atoms with van der Waals surface area (Å²) in [6.07, 6.45) is 6.76. The molecule has 1 saturated carbocycles. The van der Waals surface area contributed by atoms with Crippen molar-refractivity contribution in [2.45, 2.75) is 50.5 Å². The second kappa shape index (κ2) is 7.75. The number of likely N-dealkylation sites (N-methyl/N-ethyl adjacent to an activating group) is 1. The number of aromatic nitrogens is 3. The Morgan fingerprint density at radius 3 is 2.81 bits per heavy atom. The van der Waals surface area contributed by atoms with Crippen molar-refractivity contribution in [3.8, 4) is 0 Å². The summed E-state index contributed by atoms with van der Waals surface area (Å²) in [5.74, 6) is 2.04. The average molecular weight is 377 g/mol. The molecule has 0 radical (unpaired) electrons. The molecule has 1 aromatic rings. The Labute approximate surface area is 161 Å². The maximum absolute atomic E-state index is 12.6. The molecule has 2 aliphatic heterocycles. The number of hydrogen-bond acceptors (Lipinski definition) is 5. The maximum atomic E-state index is 12.6. The molecule has 3 heterocycles. The van der Waals surface area contributed by atoms with Crippen molar-refractivity contribution in [3.05, 3.63) is 11.6 Å². The highest BCUT2D eigenvalue weighted by atomic mass is 16.5. The largest absolute Gasteiger partial charge is 0.384 e. The third kappa shape index (κ3) is 3.82. The van der Waals surface area contributed by atoms with Gasteiger partial charge in [-0.05, 0) is 19.9 Å². The Balaban J connectivity index is 1.37. The summed E-state index contributed by atoms with van der Waals surface area (Å²) in [6.45, 7) is 4.16. The SMILES string of the molecule is COCCc1nc(C2CN(C)CC23CN(C(=O)NC2CCCCC2)C3)n[nH]1. The van der Waals surface area contributed by atoms with E-state index in [4.69, 9.17) is 9.72 Å². The van der Waals surface area contributed by atoms with Gasteiger partial charge in [0, 0.05) is 57.1 Å². The van der Waals surface area contributed by atoms with E-state index in [1.807, 2.05) is 4.90 Å². The molecule has 1 aromatic heterocycles. The van der Waals surface area contributed by atoms with Crippen molar-refractivity contribution in [1.29, 1.82) is 0 Å². The quantitative estimate of drug-likeness (QED) is 0.811. The Morgan fingerprint density at radius 1 is 1.30 bits per heavy atom. The maximum Gasteiger partial charge on any atom is 0.317 e. The Bertz CT molecular complexity index is 650. The molecule has 1 spiro atoms. The fourth-order valence-electron chi connectivity index (χ4n) is 5.04. The lowest BCUT2D eigenvalue weighted by atomic mass is 9.71. The number of methoxy groups -OCH3 is 1. The van der Waals surface area contributed by atoms with Crippen LogP contribution in [0.4, 0.5) is 4.79 Å². The number of urea groups is 1. The van der Waals surface area contributed by atoms with Crippen molar-refractivity contribution in [1.82, 2.24) is 30.3 Å². The minimum absolute atomic E-state index is 0.0827. The number of nitrogens with zero attached hydrogens (tertiary/aromatic N) is 4. The van der Waals surface area contributed by atoms with Gasteiger partial charge in [-0.15, -0.1) is 0 Å². The molecular formula is C19H32N6O2. The van der Waals surface area contributed by atoms with Gasteiger partial charge in [-0.3, -0.25) is 5.10 Å². The van der Waals surface area contributed by atoms with Crippen LogP contribution in [-0.2, 0) is 11.2 Å². The van der Waals surface area contributed by atoms with Crippen LogP contribution in [0.15, 0.2) is 0 Å². The Kier molecular flexibility index (Phi) is 5.36. The van der Waals surface area contributed by atoms with Gasteiger partial charge in [0.25, 0.3) is 0 Å². The molecule has 8 heteroatoms. The fraction of sp³-hybridized carbons (Fsp3) is 0.842. The van der Waals surface area contributed by atoms with Crippen molar-refractivity contribution < 1.29 is 9.53 Å². The zero-order chi connectivity index (χ0) is 18.9. The van der Waals surface area contributed by atoms with Gasteiger partial charge in [-0.2, -0.15) is 5.10 Å². The Hall–Kier alpha value is -1.67. The van der Waals surface area contributed by atoms with Gasteiger partial charge >= 0.3 is 6.03 Å². The van der Waals surface area contributed by atoms with Gasteiger partial charge in [-0.1, -0.05) is 19.3 Å². The van der Waals surface area contributed by atoms with Crippen molar-refractivity contribution >= 4 is 6.03 Å². The number of amides is 2. The number of ether oxygens (including phenoxy) is 1. The third-order valence-corrected chi connectivity index (χ3v) is 6.45. The molecule has 1 atom stereocenters. The predicted octanol–water partition coefficient (Wildman–Crippen LogP) is 1.37. The van der Waals surface area contributed by atoms with E-state index < -0.39 is 0 Å². The monoisotopic (exact) mass is 376 g/mol. The minimum atomic E-state index is 0.0827. The summed E-state index contributed by atoms with van der Waals surface area (Å²) in [5.41, 5.74) is 0.0827. The number of hydrogen-bond donors (Lipinski definition) is 2. The highest BCUT2D eigenvalue weighted by Crippen LogP contribution is 2.47. The smallest absolute Gasteiger partial charge is 0.317 e. The van der Waals surface area contributed by atoms with Gasteiger partial charge in [0.05, 0.1) is 6.61 Å². The van der Waals surface area contributed by atoms with Crippen LogP contribution in [0.2, 0.25) is 0 Å². The first-order valence-electron chi connectivity index (χ1n) is 10.2. The van der Waals surface area contributed by atoms with Crippen LogP contribution in [0.25, 0.3) is 0 Å². The molecule has 0 bridgehead atoms. The molecule has 1 unspecified atom stereocenters. The van der Waals surface area contributed by atoms with Crippen molar-refractivity contribution in [2.75, 3.05) is 46.9 Å². The summed E-state index contributed by atoms with van der Waals surface area (Å²) in [7, 11) is 3.84. The number of rotatable bonds is 5. The minimum Gasteiger partial charge on any atom is -0.384 e. The van der Waals surface area contributed by atoms with E-state index in [2.05, 4.69) is 27.5 Å². The molecule has 3 fully saturated rings. The number of aromatic amines is 1. The summed E-state index contributed by atoms with van der Waals surface area (Å²) in [5, 5.41) is 10.8. The lowest BCUT2D eigenvalue weighted by Crippen LogP contribution is -2.64. The van der Waals surface area contributed by atoms with Crippen LogP contribution < -0.4 is 5.32 Å². The van der Waals surface area contributed by atoms with Crippen LogP contribution in [0.5, 0.6) is 0 Å². The molecule has 2 N–H and O–H groups in total. The van der Waals surface area contributed by atoms with E-state index in [0.29, 0.717) is 12.6 Å². The third-order valence-electron chi connectivity index (χ3n) is 6.45. The first-order valence-corrected chi connectivity index (χ1v) is 10.2. The molecule has 0 aromatic carbocycles. The van der Waals surface area contributed by atoms with E-state index in [1.54, 1.807) is 7.11 Å². The topological polar surface area (TPSA) is 86.4 Å². The van der Waals surface area contributed by atoms with Crippen LogP contribution >= 0.6 is 0 Å². The van der Waals surface area contributed by atoms with Gasteiger partial charge < -0.3 is 19.9 Å². The van der Waals surface area contributed by atoms with Crippen molar-refractivity contribution in [3.63, 3.8) is 0 Å². The molecule has 3 aliphatic rings. The number of likely N-dealkylation sites (tertiary alicyclic amines) is 2. The first-order chi connectivity index (χ1) is 13.1. The molecule has 8 nitrogen and oxygen atoms in total. The van der Waals surface area contributed by atoms with Crippen LogP contribution in [0, 0.1) is 5.41 Å². The average Bonchev–Trinajstić information content (AvgIpc) is 3.23. The van der Waals surface area contributed by atoms with Crippen LogP contribution in [-0.4, -0.2) is 84.0 Å². The van der Waals surface area contributed by atoms with E-state index in [1.165, 1.54) is 19.3 Å². The van der Waals surface area contributed by atoms with E-state index >= 15 is 0 Å². The standard InChI is InChI=1S/C19H32N6O2/c1-24-10-15(17-21-16(22-23-17)8-9-27-2)19(11-24)12-25(13-19)18(26)20-14-6-4-3-5-7-14/h14-15H,3-13H2,1-2H3,(H,20,26)(H,21,22,23). The molecule has 27 heavy (non-hydrogen) atoms. The second-order valence-electron chi connectivity index (χ2n) is 8.64. The van der Waals surface area contributed by atoms with E-state index in [0.717, 1.165) is 57.1 Å². The van der Waals surface area contributed by atoms with Crippen LogP contribution in [0.3, 0.4) is 0 Å². The molecule has 2 saturated heterocycles. The van der Waals surface area contributed by atoms with Gasteiger partial charge in [0.15, 0.2) is 5.82 Å². The summed E-state index contributed by atoms with van der Waals surface area (Å²) < 4.78 is 5.13. The molecule has 4 rings (SSSR count). The Morgan fingerprint density at radius 2 is 2.07 bits per heavy atom. The highest BCUT2D eigenvalue weighted by Gasteiger charge is 2.56. The number of nitrogens with one attached hydrogen (secondary N) is 2. The normalized spacial score (nSPS) is 25.7. The number of carbonyl (C=O) groups excluding carboxylic acids is 1. The number of carbonyl (C=O) groups is 1. The van der Waals surface area contributed by atoms with Crippen molar-refractivity contribution in [2.24, 2.45) is 5.41 Å². The highest BCUT2D eigenvalue weighted by molar-refractivity contribution is 5.75. The fourth-order valence-corrected chi connectivity index (χ4v) is 5.04. The first kappa shape index (κ1) is 18.7. The lowest BCUT2D eigenvalue weighted by Gasteiger charge is -2.50. The zero-order valence-electron chi connectivity index (χ0n) is 16.5. The summed E-state index contributed by atoms with van der Waals surface area (Å²) in [4.78, 5) is 21.7.